The van der Waals surface area contributed by atoms with Gasteiger partial charge in [-0.25, -0.2) is 0 Å². The SMILES string of the molecule is CCNCC(O)CSc1nnc2ccccn12. The molecule has 5 nitrogen and oxygen atoms in total. The van der Waals surface area contributed by atoms with E-state index in [4.69, 9.17) is 0 Å². The Kier molecular flexibility index (Phi) is 4.36. The highest BCUT2D eigenvalue weighted by Gasteiger charge is 2.08. The fourth-order valence-electron chi connectivity index (χ4n) is 1.46. The quantitative estimate of drug-likeness (QED) is 0.744. The van der Waals surface area contributed by atoms with Gasteiger partial charge in [0.15, 0.2) is 10.8 Å². The summed E-state index contributed by atoms with van der Waals surface area (Å²) in [6.45, 7) is 3.50. The molecule has 17 heavy (non-hydrogen) atoms. The molecule has 0 aliphatic heterocycles. The number of rotatable bonds is 6. The zero-order valence-corrected chi connectivity index (χ0v) is 10.5. The van der Waals surface area contributed by atoms with E-state index < -0.39 is 0 Å². The molecule has 0 aromatic carbocycles. The minimum atomic E-state index is -0.365. The van der Waals surface area contributed by atoms with Crippen molar-refractivity contribution in [3.8, 4) is 0 Å². The number of pyridine rings is 1. The van der Waals surface area contributed by atoms with Crippen LogP contribution in [0.5, 0.6) is 0 Å². The molecule has 0 aliphatic carbocycles. The van der Waals surface area contributed by atoms with Crippen LogP contribution >= 0.6 is 11.8 Å². The number of likely N-dealkylation sites (N-methyl/N-ethyl adjacent to an activating group) is 1. The van der Waals surface area contributed by atoms with Crippen LogP contribution in [0.4, 0.5) is 0 Å². The lowest BCUT2D eigenvalue weighted by Crippen LogP contribution is -2.28. The summed E-state index contributed by atoms with van der Waals surface area (Å²) in [7, 11) is 0. The predicted octanol–water partition coefficient (Wildman–Crippen LogP) is 0.792. The molecule has 2 aromatic rings. The summed E-state index contributed by atoms with van der Waals surface area (Å²) < 4.78 is 1.92. The number of fused-ring (bicyclic) bond motifs is 1. The highest BCUT2D eigenvalue weighted by molar-refractivity contribution is 7.99. The lowest BCUT2D eigenvalue weighted by atomic mass is 10.4. The Morgan fingerprint density at radius 1 is 1.47 bits per heavy atom. The summed E-state index contributed by atoms with van der Waals surface area (Å²) in [5.41, 5.74) is 0.830. The fourth-order valence-corrected chi connectivity index (χ4v) is 2.31. The molecule has 2 N–H and O–H groups in total. The van der Waals surface area contributed by atoms with Gasteiger partial charge in [-0.2, -0.15) is 0 Å². The van der Waals surface area contributed by atoms with Gasteiger partial charge in [-0.15, -0.1) is 10.2 Å². The number of aromatic nitrogens is 3. The molecule has 0 radical (unpaired) electrons. The molecule has 0 spiro atoms. The van der Waals surface area contributed by atoms with Gasteiger partial charge in [0, 0.05) is 18.5 Å². The second kappa shape index (κ2) is 6.00. The zero-order chi connectivity index (χ0) is 12.1. The van der Waals surface area contributed by atoms with Crippen LogP contribution in [0.25, 0.3) is 5.65 Å². The van der Waals surface area contributed by atoms with E-state index in [1.807, 2.05) is 35.7 Å². The maximum atomic E-state index is 9.71. The van der Waals surface area contributed by atoms with Crippen molar-refractivity contribution in [3.05, 3.63) is 24.4 Å². The van der Waals surface area contributed by atoms with Crippen molar-refractivity contribution in [1.29, 1.82) is 0 Å². The van der Waals surface area contributed by atoms with E-state index in [2.05, 4.69) is 15.5 Å². The Morgan fingerprint density at radius 3 is 3.18 bits per heavy atom. The Morgan fingerprint density at radius 2 is 2.35 bits per heavy atom. The number of thioether (sulfide) groups is 1. The van der Waals surface area contributed by atoms with Gasteiger partial charge in [-0.1, -0.05) is 24.8 Å². The van der Waals surface area contributed by atoms with Crippen LogP contribution in [0.1, 0.15) is 6.92 Å². The minimum absolute atomic E-state index is 0.365. The van der Waals surface area contributed by atoms with Crippen molar-refractivity contribution < 1.29 is 5.11 Å². The molecule has 0 aliphatic rings. The smallest absolute Gasteiger partial charge is 0.195 e. The fraction of sp³-hybridized carbons (Fsp3) is 0.455. The summed E-state index contributed by atoms with van der Waals surface area (Å²) in [5.74, 6) is 0.614. The van der Waals surface area contributed by atoms with Gasteiger partial charge in [0.25, 0.3) is 0 Å². The van der Waals surface area contributed by atoms with Crippen LogP contribution in [0, 0.1) is 0 Å². The van der Waals surface area contributed by atoms with E-state index in [9.17, 15) is 5.11 Å². The average Bonchev–Trinajstić information content (AvgIpc) is 2.77. The zero-order valence-electron chi connectivity index (χ0n) is 9.71. The standard InChI is InChI=1S/C11H16N4OS/c1-2-12-7-9(16)8-17-11-14-13-10-5-3-4-6-15(10)11/h3-6,9,12,16H,2,7-8H2,1H3. The van der Waals surface area contributed by atoms with E-state index in [0.29, 0.717) is 12.3 Å². The summed E-state index contributed by atoms with van der Waals surface area (Å²) in [4.78, 5) is 0. The molecule has 6 heteroatoms. The molecule has 92 valence electrons. The third-order valence-electron chi connectivity index (χ3n) is 2.32. The van der Waals surface area contributed by atoms with E-state index in [0.717, 1.165) is 17.3 Å². The molecule has 0 saturated carbocycles. The number of hydrogen-bond acceptors (Lipinski definition) is 5. The lowest BCUT2D eigenvalue weighted by Gasteiger charge is -2.09. The number of hydrogen-bond donors (Lipinski definition) is 2. The Bertz CT molecular complexity index is 473. The average molecular weight is 252 g/mol. The van der Waals surface area contributed by atoms with Gasteiger partial charge >= 0.3 is 0 Å². The third-order valence-corrected chi connectivity index (χ3v) is 3.41. The molecule has 0 amide bonds. The number of aliphatic hydroxyl groups is 1. The van der Waals surface area contributed by atoms with Crippen LogP contribution in [-0.4, -0.2) is 44.7 Å². The van der Waals surface area contributed by atoms with Crippen molar-refractivity contribution in [2.75, 3.05) is 18.8 Å². The van der Waals surface area contributed by atoms with Gasteiger partial charge in [0.05, 0.1) is 6.10 Å². The molecule has 0 saturated heterocycles. The number of aliphatic hydroxyl groups excluding tert-OH is 1. The van der Waals surface area contributed by atoms with Crippen LogP contribution in [-0.2, 0) is 0 Å². The maximum absolute atomic E-state index is 9.71. The first-order valence-corrected chi connectivity index (χ1v) is 6.61. The molecule has 2 heterocycles. The van der Waals surface area contributed by atoms with E-state index in [1.54, 1.807) is 0 Å². The normalized spacial score (nSPS) is 13.1. The van der Waals surface area contributed by atoms with Gasteiger partial charge < -0.3 is 10.4 Å². The van der Waals surface area contributed by atoms with Crippen molar-refractivity contribution in [1.82, 2.24) is 19.9 Å². The van der Waals surface area contributed by atoms with Gasteiger partial charge in [0.2, 0.25) is 0 Å². The first kappa shape index (κ1) is 12.3. The molecule has 0 fully saturated rings. The molecular weight excluding hydrogens is 236 g/mol. The Balaban J connectivity index is 1.95. The summed E-state index contributed by atoms with van der Waals surface area (Å²) in [5, 5.41) is 21.8. The van der Waals surface area contributed by atoms with Gasteiger partial charge in [-0.05, 0) is 18.7 Å². The minimum Gasteiger partial charge on any atom is -0.391 e. The van der Waals surface area contributed by atoms with Crippen molar-refractivity contribution >= 4 is 17.4 Å². The van der Waals surface area contributed by atoms with E-state index in [-0.39, 0.29) is 6.10 Å². The first-order valence-electron chi connectivity index (χ1n) is 5.62. The summed E-state index contributed by atoms with van der Waals surface area (Å²) in [6, 6.07) is 5.78. The second-order valence-electron chi connectivity index (χ2n) is 3.68. The van der Waals surface area contributed by atoms with Crippen molar-refractivity contribution in [3.63, 3.8) is 0 Å². The first-order chi connectivity index (χ1) is 8.31. The van der Waals surface area contributed by atoms with Crippen LogP contribution in [0.3, 0.4) is 0 Å². The third kappa shape index (κ3) is 3.18. The second-order valence-corrected chi connectivity index (χ2v) is 4.67. The van der Waals surface area contributed by atoms with Gasteiger partial charge in [-0.3, -0.25) is 4.40 Å². The predicted molar refractivity (Wildman–Crippen MR) is 68.3 cm³/mol. The molecule has 1 atom stereocenters. The van der Waals surface area contributed by atoms with Gasteiger partial charge in [0.1, 0.15) is 0 Å². The van der Waals surface area contributed by atoms with E-state index in [1.165, 1.54) is 11.8 Å². The van der Waals surface area contributed by atoms with Crippen LogP contribution in [0.15, 0.2) is 29.6 Å². The molecular formula is C11H16N4OS. The molecule has 2 aromatic heterocycles. The molecule has 0 bridgehead atoms. The monoisotopic (exact) mass is 252 g/mol. The number of nitrogens with one attached hydrogen (secondary N) is 1. The molecule has 2 rings (SSSR count). The Hall–Kier alpha value is -1.11. The molecule has 1 unspecified atom stereocenters. The van der Waals surface area contributed by atoms with Crippen molar-refractivity contribution in [2.45, 2.75) is 18.2 Å². The maximum Gasteiger partial charge on any atom is 0.195 e. The number of nitrogens with zero attached hydrogens (tertiary/aromatic N) is 3. The largest absolute Gasteiger partial charge is 0.391 e. The summed E-state index contributed by atoms with van der Waals surface area (Å²) >= 11 is 1.51. The van der Waals surface area contributed by atoms with E-state index >= 15 is 0 Å². The lowest BCUT2D eigenvalue weighted by molar-refractivity contribution is 0.196. The topological polar surface area (TPSA) is 62.5 Å². The van der Waals surface area contributed by atoms with Crippen LogP contribution in [0.2, 0.25) is 0 Å². The Labute approximate surface area is 104 Å². The van der Waals surface area contributed by atoms with Crippen LogP contribution < -0.4 is 5.32 Å². The highest BCUT2D eigenvalue weighted by atomic mass is 32.2. The summed E-state index contributed by atoms with van der Waals surface area (Å²) in [6.07, 6.45) is 1.56. The highest BCUT2D eigenvalue weighted by Crippen LogP contribution is 2.17. The van der Waals surface area contributed by atoms with Crippen molar-refractivity contribution in [2.24, 2.45) is 0 Å².